The molecule has 1 aliphatic rings. The van der Waals surface area contributed by atoms with Gasteiger partial charge in [-0.25, -0.2) is 0 Å². The van der Waals surface area contributed by atoms with Gasteiger partial charge in [0.15, 0.2) is 0 Å². The van der Waals surface area contributed by atoms with Gasteiger partial charge in [0.25, 0.3) is 0 Å². The van der Waals surface area contributed by atoms with E-state index in [-0.39, 0.29) is 0 Å². The first-order valence-corrected chi connectivity index (χ1v) is 6.10. The zero-order valence-electron chi connectivity index (χ0n) is 11.0. The van der Waals surface area contributed by atoms with Gasteiger partial charge >= 0.3 is 0 Å². The minimum Gasteiger partial charge on any atom is -0.309 e. The molecule has 1 aliphatic heterocycles. The largest absolute Gasteiger partial charge is 0.309 e. The average Bonchev–Trinajstić information content (AvgIpc) is 2.75. The number of nitrogens with two attached hydrogens (primary N) is 1. The molecule has 1 saturated heterocycles. The smallest absolute Gasteiger partial charge is 0.121 e. The number of hydrogen-bond donors (Lipinski definition) is 1. The van der Waals surface area contributed by atoms with Crippen molar-refractivity contribution in [3.8, 4) is 0 Å². The third kappa shape index (κ3) is 1.71. The van der Waals surface area contributed by atoms with Gasteiger partial charge in [0, 0.05) is 0 Å². The van der Waals surface area contributed by atoms with E-state index in [0.29, 0.717) is 5.12 Å². The maximum absolute atomic E-state index is 13.9. The van der Waals surface area contributed by atoms with E-state index in [2.05, 4.69) is 0 Å². The molecule has 96 valence electrons. The standard InChI is InChI=1S/C15H19FN2/c1-4-5-6-9-12-10-7-8-11-13(12)14(2)15(3,17)18(14)16/h4-11H,17H2,1-3H3/b5-4-,9-6-. The Bertz CT molecular complexity index is 505. The molecular formula is C15H19FN2. The monoisotopic (exact) mass is 246 g/mol. The molecule has 0 bridgehead atoms. The van der Waals surface area contributed by atoms with Crippen molar-refractivity contribution in [1.82, 2.24) is 5.12 Å². The van der Waals surface area contributed by atoms with Crippen LogP contribution in [0.1, 0.15) is 31.9 Å². The molecule has 0 radical (unpaired) electrons. The first kappa shape index (κ1) is 13.0. The molecule has 1 fully saturated rings. The van der Waals surface area contributed by atoms with Crippen LogP contribution >= 0.6 is 0 Å². The van der Waals surface area contributed by atoms with E-state index >= 15 is 0 Å². The van der Waals surface area contributed by atoms with Crippen molar-refractivity contribution in [2.45, 2.75) is 32.0 Å². The SMILES string of the molecule is C/C=C\C=C/c1ccccc1C1(C)N(F)C1(C)N. The zero-order chi connectivity index (χ0) is 13.4. The summed E-state index contributed by atoms with van der Waals surface area (Å²) in [5.41, 5.74) is 6.19. The summed E-state index contributed by atoms with van der Waals surface area (Å²) >= 11 is 0. The second-order valence-corrected chi connectivity index (χ2v) is 4.97. The van der Waals surface area contributed by atoms with Crippen LogP contribution in [-0.4, -0.2) is 10.8 Å². The van der Waals surface area contributed by atoms with E-state index in [1.807, 2.05) is 62.4 Å². The maximum atomic E-state index is 13.9. The summed E-state index contributed by atoms with van der Waals surface area (Å²) in [5, 5.41) is 0.711. The van der Waals surface area contributed by atoms with Gasteiger partial charge in [-0.3, -0.25) is 0 Å². The second-order valence-electron chi connectivity index (χ2n) is 4.97. The van der Waals surface area contributed by atoms with E-state index in [0.717, 1.165) is 11.1 Å². The van der Waals surface area contributed by atoms with E-state index in [1.165, 1.54) is 0 Å². The van der Waals surface area contributed by atoms with Gasteiger partial charge in [-0.1, -0.05) is 48.6 Å². The van der Waals surface area contributed by atoms with Crippen molar-refractivity contribution < 1.29 is 4.48 Å². The fraction of sp³-hybridized carbons (Fsp3) is 0.333. The molecule has 0 saturated carbocycles. The molecule has 1 aromatic rings. The molecule has 2 rings (SSSR count). The van der Waals surface area contributed by atoms with Crippen molar-refractivity contribution in [3.63, 3.8) is 0 Å². The number of allylic oxidation sites excluding steroid dienone is 3. The van der Waals surface area contributed by atoms with Crippen LogP contribution in [0.4, 0.5) is 4.48 Å². The van der Waals surface area contributed by atoms with Crippen molar-refractivity contribution >= 4 is 6.08 Å². The van der Waals surface area contributed by atoms with E-state index in [4.69, 9.17) is 5.73 Å². The molecule has 3 unspecified atom stereocenters. The van der Waals surface area contributed by atoms with E-state index < -0.39 is 11.2 Å². The topological polar surface area (TPSA) is 29.0 Å². The Morgan fingerprint density at radius 3 is 2.39 bits per heavy atom. The quantitative estimate of drug-likeness (QED) is 0.503. The third-order valence-electron chi connectivity index (χ3n) is 3.80. The Kier molecular flexibility index (Phi) is 3.13. The fourth-order valence-corrected chi connectivity index (χ4v) is 2.32. The summed E-state index contributed by atoms with van der Waals surface area (Å²) in [6, 6.07) is 7.76. The molecule has 18 heavy (non-hydrogen) atoms. The zero-order valence-corrected chi connectivity index (χ0v) is 11.0. The van der Waals surface area contributed by atoms with Crippen LogP contribution in [0.25, 0.3) is 6.08 Å². The van der Waals surface area contributed by atoms with E-state index in [1.54, 1.807) is 6.92 Å². The maximum Gasteiger partial charge on any atom is 0.121 e. The molecule has 3 atom stereocenters. The summed E-state index contributed by atoms with van der Waals surface area (Å²) < 4.78 is 13.9. The molecule has 1 heterocycles. The second kappa shape index (κ2) is 4.34. The van der Waals surface area contributed by atoms with Gasteiger partial charge in [-0.15, -0.1) is 9.60 Å². The molecule has 0 spiro atoms. The Balaban J connectivity index is 2.41. The van der Waals surface area contributed by atoms with Gasteiger partial charge in [0.2, 0.25) is 0 Å². The number of hydrogen-bond acceptors (Lipinski definition) is 2. The van der Waals surface area contributed by atoms with Crippen LogP contribution < -0.4 is 5.73 Å². The lowest BCUT2D eigenvalue weighted by molar-refractivity contribution is 0.107. The van der Waals surface area contributed by atoms with Crippen LogP contribution in [0.3, 0.4) is 0 Å². The first-order valence-electron chi connectivity index (χ1n) is 6.10. The van der Waals surface area contributed by atoms with Crippen LogP contribution in [0.15, 0.2) is 42.5 Å². The Morgan fingerprint density at radius 1 is 1.22 bits per heavy atom. The fourth-order valence-electron chi connectivity index (χ4n) is 2.32. The van der Waals surface area contributed by atoms with Crippen molar-refractivity contribution in [2.75, 3.05) is 0 Å². The molecule has 3 heteroatoms. The van der Waals surface area contributed by atoms with Crippen molar-refractivity contribution in [3.05, 3.63) is 53.6 Å². The average molecular weight is 246 g/mol. The first-order chi connectivity index (χ1) is 8.46. The van der Waals surface area contributed by atoms with E-state index in [9.17, 15) is 4.48 Å². The van der Waals surface area contributed by atoms with Gasteiger partial charge in [0.1, 0.15) is 11.2 Å². The molecular weight excluding hydrogens is 227 g/mol. The minimum absolute atomic E-state index is 0.711. The van der Waals surface area contributed by atoms with Crippen LogP contribution in [0.5, 0.6) is 0 Å². The minimum atomic E-state index is -0.933. The highest BCUT2D eigenvalue weighted by atomic mass is 19.2. The van der Waals surface area contributed by atoms with Gasteiger partial charge in [-0.05, 0) is 31.9 Å². The highest BCUT2D eigenvalue weighted by molar-refractivity contribution is 5.59. The van der Waals surface area contributed by atoms with Crippen LogP contribution in [-0.2, 0) is 5.54 Å². The summed E-state index contributed by atoms with van der Waals surface area (Å²) in [7, 11) is 0. The number of nitrogens with zero attached hydrogens (tertiary/aromatic N) is 1. The lowest BCUT2D eigenvalue weighted by Crippen LogP contribution is -2.28. The summed E-state index contributed by atoms with van der Waals surface area (Å²) in [5.74, 6) is 0. The highest BCUT2D eigenvalue weighted by Crippen LogP contribution is 2.56. The van der Waals surface area contributed by atoms with Crippen molar-refractivity contribution in [2.24, 2.45) is 5.73 Å². The number of rotatable bonds is 3. The molecule has 0 amide bonds. The van der Waals surface area contributed by atoms with Gasteiger partial charge in [0.05, 0.1) is 0 Å². The van der Waals surface area contributed by atoms with Crippen LogP contribution in [0.2, 0.25) is 0 Å². The van der Waals surface area contributed by atoms with Gasteiger partial charge < -0.3 is 5.73 Å². The molecule has 0 aromatic heterocycles. The Hall–Kier alpha value is -1.45. The third-order valence-corrected chi connectivity index (χ3v) is 3.80. The molecule has 2 nitrogen and oxygen atoms in total. The lowest BCUT2D eigenvalue weighted by atomic mass is 9.90. The molecule has 1 aromatic carbocycles. The normalized spacial score (nSPS) is 35.5. The number of benzene rings is 1. The molecule has 2 N–H and O–H groups in total. The predicted molar refractivity (Wildman–Crippen MR) is 73.2 cm³/mol. The summed E-state index contributed by atoms with van der Waals surface area (Å²) in [4.78, 5) is 0. The Morgan fingerprint density at radius 2 is 1.83 bits per heavy atom. The van der Waals surface area contributed by atoms with Crippen molar-refractivity contribution in [1.29, 1.82) is 0 Å². The Labute approximate surface area is 108 Å². The van der Waals surface area contributed by atoms with Crippen LogP contribution in [0, 0.1) is 0 Å². The summed E-state index contributed by atoms with van der Waals surface area (Å²) in [6.45, 7) is 5.49. The van der Waals surface area contributed by atoms with Gasteiger partial charge in [-0.2, -0.15) is 0 Å². The lowest BCUT2D eigenvalue weighted by Gasteiger charge is -2.14. The molecule has 0 aliphatic carbocycles. The predicted octanol–water partition coefficient (Wildman–Crippen LogP) is 3.37. The highest BCUT2D eigenvalue weighted by Gasteiger charge is 2.70. The summed E-state index contributed by atoms with van der Waals surface area (Å²) in [6.07, 6.45) is 7.82. The number of halogens is 1.